The zero-order valence-electron chi connectivity index (χ0n) is 6.79. The highest BCUT2D eigenvalue weighted by atomic mass is 16.6. The van der Waals surface area contributed by atoms with E-state index in [4.69, 9.17) is 4.74 Å². The molecule has 1 heterocycles. The molecule has 11 heavy (non-hydrogen) atoms. The fourth-order valence-corrected chi connectivity index (χ4v) is 1.18. The number of nitrogens with one attached hydrogen (secondary N) is 1. The van der Waals surface area contributed by atoms with Crippen LogP contribution in [0, 0.1) is 5.92 Å². The van der Waals surface area contributed by atoms with Crippen molar-refractivity contribution in [1.82, 2.24) is 5.48 Å². The predicted molar refractivity (Wildman–Crippen MR) is 38.7 cm³/mol. The van der Waals surface area contributed by atoms with Crippen LogP contribution in [0.5, 0.6) is 0 Å². The molecule has 2 unspecified atom stereocenters. The van der Waals surface area contributed by atoms with E-state index in [9.17, 15) is 4.79 Å². The average Bonchev–Trinajstić information content (AvgIpc) is 2.36. The number of rotatable bonds is 2. The number of ether oxygens (including phenoxy) is 1. The second kappa shape index (κ2) is 3.69. The molecule has 0 radical (unpaired) electrons. The lowest BCUT2D eigenvalue weighted by molar-refractivity contribution is -0.135. The Labute approximate surface area is 65.8 Å². The summed E-state index contributed by atoms with van der Waals surface area (Å²) >= 11 is 0. The van der Waals surface area contributed by atoms with Crippen LogP contribution in [0.15, 0.2) is 0 Å². The summed E-state index contributed by atoms with van der Waals surface area (Å²) in [6.07, 6.45) is 0.984. The number of amides is 1. The minimum atomic E-state index is -0.0862. The third-order valence-corrected chi connectivity index (χ3v) is 1.77. The monoisotopic (exact) mass is 159 g/mol. The lowest BCUT2D eigenvalue weighted by Crippen LogP contribution is -2.30. The van der Waals surface area contributed by atoms with E-state index in [1.807, 2.05) is 6.92 Å². The molecule has 1 aliphatic heterocycles. The largest absolute Gasteiger partial charge is 0.378 e. The van der Waals surface area contributed by atoms with Gasteiger partial charge in [0.15, 0.2) is 0 Å². The van der Waals surface area contributed by atoms with Gasteiger partial charge in [0.25, 0.3) is 0 Å². The lowest BCUT2D eigenvalue weighted by atomic mass is 10.1. The number of hydrogen-bond acceptors (Lipinski definition) is 3. The summed E-state index contributed by atoms with van der Waals surface area (Å²) in [6, 6.07) is 0. The summed E-state index contributed by atoms with van der Waals surface area (Å²) < 4.78 is 5.22. The molecule has 1 fully saturated rings. The normalized spacial score (nSPS) is 30.4. The number of carbonyl (C=O) groups excluding carboxylic acids is 1. The number of carbonyl (C=O) groups is 1. The van der Waals surface area contributed by atoms with Gasteiger partial charge in [0.1, 0.15) is 0 Å². The van der Waals surface area contributed by atoms with Crippen molar-refractivity contribution >= 4 is 5.91 Å². The summed E-state index contributed by atoms with van der Waals surface area (Å²) in [4.78, 5) is 15.6. The quantitative estimate of drug-likeness (QED) is 0.581. The van der Waals surface area contributed by atoms with Crippen molar-refractivity contribution in [3.05, 3.63) is 0 Å². The molecule has 0 spiro atoms. The summed E-state index contributed by atoms with van der Waals surface area (Å²) in [5.74, 6) is -0.123. The van der Waals surface area contributed by atoms with Crippen LogP contribution in [0.4, 0.5) is 0 Å². The van der Waals surface area contributed by atoms with Gasteiger partial charge in [0, 0.05) is 0 Å². The number of hydrogen-bond donors (Lipinski definition) is 1. The van der Waals surface area contributed by atoms with Gasteiger partial charge in [0.2, 0.25) is 5.91 Å². The van der Waals surface area contributed by atoms with Gasteiger partial charge in [-0.1, -0.05) is 0 Å². The van der Waals surface area contributed by atoms with Crippen LogP contribution in [0.25, 0.3) is 0 Å². The fraction of sp³-hybridized carbons (Fsp3) is 0.857. The Morgan fingerprint density at radius 3 is 2.91 bits per heavy atom. The maximum atomic E-state index is 11.1. The van der Waals surface area contributed by atoms with Crippen molar-refractivity contribution in [2.75, 3.05) is 13.7 Å². The molecule has 1 rings (SSSR count). The van der Waals surface area contributed by atoms with Crippen LogP contribution in [-0.4, -0.2) is 25.7 Å². The van der Waals surface area contributed by atoms with Gasteiger partial charge in [-0.3, -0.25) is 9.63 Å². The lowest BCUT2D eigenvalue weighted by Gasteiger charge is -2.05. The summed E-state index contributed by atoms with van der Waals surface area (Å²) in [6.45, 7) is 2.47. The van der Waals surface area contributed by atoms with Gasteiger partial charge < -0.3 is 4.74 Å². The highest BCUT2D eigenvalue weighted by Crippen LogP contribution is 2.18. The van der Waals surface area contributed by atoms with Crippen molar-refractivity contribution in [3.8, 4) is 0 Å². The third kappa shape index (κ3) is 2.17. The molecule has 1 amide bonds. The SMILES string of the molecule is CONC(=O)C1COC(C)C1. The van der Waals surface area contributed by atoms with Crippen LogP contribution in [0.3, 0.4) is 0 Å². The fourth-order valence-electron chi connectivity index (χ4n) is 1.18. The van der Waals surface area contributed by atoms with Crippen molar-refractivity contribution in [2.45, 2.75) is 19.4 Å². The molecule has 1 aliphatic rings. The van der Waals surface area contributed by atoms with Crippen molar-refractivity contribution in [1.29, 1.82) is 0 Å². The van der Waals surface area contributed by atoms with Crippen LogP contribution in [0.2, 0.25) is 0 Å². The minimum Gasteiger partial charge on any atom is -0.378 e. The smallest absolute Gasteiger partial charge is 0.249 e. The summed E-state index contributed by atoms with van der Waals surface area (Å²) in [7, 11) is 1.43. The second-order valence-corrected chi connectivity index (χ2v) is 2.75. The van der Waals surface area contributed by atoms with Gasteiger partial charge in [-0.2, -0.15) is 0 Å². The molecule has 2 atom stereocenters. The molecule has 0 aromatic heterocycles. The molecular formula is C7H13NO3. The van der Waals surface area contributed by atoms with Gasteiger partial charge >= 0.3 is 0 Å². The van der Waals surface area contributed by atoms with E-state index < -0.39 is 0 Å². The Morgan fingerprint density at radius 1 is 1.73 bits per heavy atom. The molecule has 0 bridgehead atoms. The third-order valence-electron chi connectivity index (χ3n) is 1.77. The average molecular weight is 159 g/mol. The molecule has 4 nitrogen and oxygen atoms in total. The van der Waals surface area contributed by atoms with E-state index in [-0.39, 0.29) is 17.9 Å². The van der Waals surface area contributed by atoms with Crippen LogP contribution in [0.1, 0.15) is 13.3 Å². The van der Waals surface area contributed by atoms with Crippen molar-refractivity contribution < 1.29 is 14.4 Å². The van der Waals surface area contributed by atoms with E-state index in [2.05, 4.69) is 10.3 Å². The Morgan fingerprint density at radius 2 is 2.45 bits per heavy atom. The maximum absolute atomic E-state index is 11.1. The van der Waals surface area contributed by atoms with Gasteiger partial charge in [-0.05, 0) is 13.3 Å². The maximum Gasteiger partial charge on any atom is 0.249 e. The van der Waals surface area contributed by atoms with E-state index in [0.717, 1.165) is 6.42 Å². The molecule has 4 heteroatoms. The van der Waals surface area contributed by atoms with Crippen LogP contribution < -0.4 is 5.48 Å². The van der Waals surface area contributed by atoms with Crippen LogP contribution in [-0.2, 0) is 14.4 Å². The first-order valence-electron chi connectivity index (χ1n) is 3.68. The van der Waals surface area contributed by atoms with Gasteiger partial charge in [-0.15, -0.1) is 0 Å². The van der Waals surface area contributed by atoms with E-state index in [1.165, 1.54) is 7.11 Å². The highest BCUT2D eigenvalue weighted by Gasteiger charge is 2.27. The summed E-state index contributed by atoms with van der Waals surface area (Å²) in [5.41, 5.74) is 2.29. The number of hydroxylamine groups is 1. The molecule has 1 N–H and O–H groups in total. The Bertz CT molecular complexity index is 149. The topological polar surface area (TPSA) is 47.6 Å². The Balaban J connectivity index is 2.31. The molecule has 0 aromatic carbocycles. The van der Waals surface area contributed by atoms with E-state index in [0.29, 0.717) is 6.61 Å². The Hall–Kier alpha value is -0.610. The van der Waals surface area contributed by atoms with Gasteiger partial charge in [0.05, 0.1) is 25.7 Å². The standard InChI is InChI=1S/C7H13NO3/c1-5-3-6(4-11-5)7(9)8-10-2/h5-6H,3-4H2,1-2H3,(H,8,9). The molecule has 0 saturated carbocycles. The predicted octanol–water partition coefficient (Wildman–Crippen LogP) is 0.0890. The Kier molecular flexibility index (Phi) is 2.84. The van der Waals surface area contributed by atoms with Crippen molar-refractivity contribution in [3.63, 3.8) is 0 Å². The minimum absolute atomic E-state index is 0.0371. The van der Waals surface area contributed by atoms with Gasteiger partial charge in [-0.25, -0.2) is 5.48 Å². The molecule has 1 saturated heterocycles. The molecule has 64 valence electrons. The van der Waals surface area contributed by atoms with Crippen LogP contribution >= 0.6 is 0 Å². The first-order valence-corrected chi connectivity index (χ1v) is 3.68. The zero-order chi connectivity index (χ0) is 8.27. The summed E-state index contributed by atoms with van der Waals surface area (Å²) in [5, 5.41) is 0. The van der Waals surface area contributed by atoms with Crippen molar-refractivity contribution in [2.24, 2.45) is 5.92 Å². The second-order valence-electron chi connectivity index (χ2n) is 2.75. The molecule has 0 aliphatic carbocycles. The van der Waals surface area contributed by atoms with E-state index >= 15 is 0 Å². The zero-order valence-corrected chi connectivity index (χ0v) is 6.79. The first kappa shape index (κ1) is 8.49. The molecular weight excluding hydrogens is 146 g/mol. The first-order chi connectivity index (χ1) is 5.24. The molecule has 0 aromatic rings. The van der Waals surface area contributed by atoms with E-state index in [1.54, 1.807) is 0 Å². The highest BCUT2D eigenvalue weighted by molar-refractivity contribution is 5.77.